The minimum atomic E-state index is -0.302. The van der Waals surface area contributed by atoms with E-state index in [2.05, 4.69) is 20.9 Å². The Bertz CT molecular complexity index is 780. The molecule has 1 aromatic carbocycles. The Morgan fingerprint density at radius 2 is 2.05 bits per heavy atom. The zero-order chi connectivity index (χ0) is 13.6. The van der Waals surface area contributed by atoms with Gasteiger partial charge < -0.3 is 10.1 Å². The van der Waals surface area contributed by atoms with Gasteiger partial charge in [-0.25, -0.2) is 9.37 Å². The number of halogens is 2. The molecule has 0 aliphatic heterocycles. The molecule has 0 spiro atoms. The van der Waals surface area contributed by atoms with E-state index in [9.17, 15) is 4.39 Å². The van der Waals surface area contributed by atoms with Crippen molar-refractivity contribution >= 4 is 27.3 Å². The van der Waals surface area contributed by atoms with Crippen LogP contribution in [-0.2, 0) is 0 Å². The van der Waals surface area contributed by atoms with Crippen LogP contribution in [0.1, 0.15) is 5.56 Å². The normalized spacial score (nSPS) is 11.1. The molecule has 0 amide bonds. The first-order chi connectivity index (χ1) is 9.04. The summed E-state index contributed by atoms with van der Waals surface area (Å²) >= 11 is 3.24. The van der Waals surface area contributed by atoms with Gasteiger partial charge in [0.05, 0.1) is 5.69 Å². The summed E-state index contributed by atoms with van der Waals surface area (Å²) < 4.78 is 16.5. The number of anilines is 1. The number of hydrogen-bond acceptors (Lipinski definition) is 2. The van der Waals surface area contributed by atoms with Crippen molar-refractivity contribution in [3.63, 3.8) is 0 Å². The first kappa shape index (κ1) is 12.2. The molecule has 96 valence electrons. The number of fused-ring (bicyclic) bond motifs is 1. The van der Waals surface area contributed by atoms with Gasteiger partial charge in [-0.3, -0.25) is 0 Å². The van der Waals surface area contributed by atoms with Gasteiger partial charge in [0.2, 0.25) is 0 Å². The second-order valence-corrected chi connectivity index (χ2v) is 5.35. The van der Waals surface area contributed by atoms with E-state index in [-0.39, 0.29) is 5.82 Å². The Hall–Kier alpha value is -1.88. The van der Waals surface area contributed by atoms with Crippen molar-refractivity contribution < 1.29 is 4.39 Å². The van der Waals surface area contributed by atoms with Gasteiger partial charge in [-0.2, -0.15) is 0 Å². The van der Waals surface area contributed by atoms with E-state index in [1.807, 2.05) is 17.4 Å². The van der Waals surface area contributed by atoms with E-state index in [0.717, 1.165) is 11.2 Å². The topological polar surface area (TPSA) is 43.3 Å². The Morgan fingerprint density at radius 1 is 1.26 bits per heavy atom. The maximum atomic E-state index is 13.9. The van der Waals surface area contributed by atoms with Crippen LogP contribution >= 0.6 is 15.9 Å². The number of pyridine rings is 1. The maximum Gasteiger partial charge on any atom is 0.140 e. The van der Waals surface area contributed by atoms with Crippen LogP contribution in [0.2, 0.25) is 0 Å². The molecule has 2 aromatic heterocycles. The number of aryl methyl sites for hydroxylation is 1. The quantitative estimate of drug-likeness (QED) is 0.741. The first-order valence-electron chi connectivity index (χ1n) is 5.75. The summed E-state index contributed by atoms with van der Waals surface area (Å²) in [5, 5.41) is 0. The SMILES string of the molecule is Cc1cc(N)cn2cc(-c3ccc(Br)cc3F)nc12. The Morgan fingerprint density at radius 3 is 2.79 bits per heavy atom. The van der Waals surface area contributed by atoms with Crippen LogP contribution in [0.5, 0.6) is 0 Å². The van der Waals surface area contributed by atoms with Gasteiger partial charge >= 0.3 is 0 Å². The zero-order valence-corrected chi connectivity index (χ0v) is 11.8. The molecule has 0 unspecified atom stereocenters. The largest absolute Gasteiger partial charge is 0.398 e. The maximum absolute atomic E-state index is 13.9. The molecule has 0 radical (unpaired) electrons. The summed E-state index contributed by atoms with van der Waals surface area (Å²) in [6, 6.07) is 6.79. The van der Waals surface area contributed by atoms with Crippen molar-refractivity contribution in [2.75, 3.05) is 5.73 Å². The van der Waals surface area contributed by atoms with Gasteiger partial charge in [0, 0.05) is 28.1 Å². The number of nitrogen functional groups attached to an aromatic ring is 1. The number of benzene rings is 1. The lowest BCUT2D eigenvalue weighted by Crippen LogP contribution is -1.92. The monoisotopic (exact) mass is 319 g/mol. The minimum absolute atomic E-state index is 0.302. The molecule has 0 aliphatic rings. The third kappa shape index (κ3) is 2.10. The van der Waals surface area contributed by atoms with Crippen LogP contribution in [0.25, 0.3) is 16.9 Å². The van der Waals surface area contributed by atoms with Crippen LogP contribution < -0.4 is 5.73 Å². The summed E-state index contributed by atoms with van der Waals surface area (Å²) in [6.45, 7) is 1.93. The highest BCUT2D eigenvalue weighted by molar-refractivity contribution is 9.10. The lowest BCUT2D eigenvalue weighted by molar-refractivity contribution is 0.630. The van der Waals surface area contributed by atoms with Crippen molar-refractivity contribution in [2.24, 2.45) is 0 Å². The van der Waals surface area contributed by atoms with Crippen LogP contribution in [0, 0.1) is 12.7 Å². The first-order valence-corrected chi connectivity index (χ1v) is 6.54. The van der Waals surface area contributed by atoms with Crippen LogP contribution in [-0.4, -0.2) is 9.38 Å². The second-order valence-electron chi connectivity index (χ2n) is 4.44. The number of imidazole rings is 1. The molecule has 3 rings (SSSR count). The molecule has 19 heavy (non-hydrogen) atoms. The lowest BCUT2D eigenvalue weighted by atomic mass is 10.1. The van der Waals surface area contributed by atoms with E-state index >= 15 is 0 Å². The third-order valence-electron chi connectivity index (χ3n) is 2.96. The van der Waals surface area contributed by atoms with Gasteiger partial charge in [0.15, 0.2) is 0 Å². The van der Waals surface area contributed by atoms with Gasteiger partial charge in [-0.15, -0.1) is 0 Å². The van der Waals surface area contributed by atoms with Gasteiger partial charge in [0.1, 0.15) is 11.5 Å². The number of nitrogens with zero attached hydrogens (tertiary/aromatic N) is 2. The van der Waals surface area contributed by atoms with Crippen LogP contribution in [0.15, 0.2) is 41.1 Å². The summed E-state index contributed by atoms with van der Waals surface area (Å²) in [5.74, 6) is -0.302. The highest BCUT2D eigenvalue weighted by Gasteiger charge is 2.11. The average molecular weight is 320 g/mol. The van der Waals surface area contributed by atoms with Crippen molar-refractivity contribution in [1.82, 2.24) is 9.38 Å². The molecular formula is C14H11BrFN3. The van der Waals surface area contributed by atoms with E-state index in [0.29, 0.717) is 21.4 Å². The minimum Gasteiger partial charge on any atom is -0.398 e. The van der Waals surface area contributed by atoms with Crippen molar-refractivity contribution in [3.8, 4) is 11.3 Å². The highest BCUT2D eigenvalue weighted by atomic mass is 79.9. The molecule has 0 saturated heterocycles. The lowest BCUT2D eigenvalue weighted by Gasteiger charge is -1.99. The summed E-state index contributed by atoms with van der Waals surface area (Å²) in [7, 11) is 0. The predicted octanol–water partition coefficient (Wildman–Crippen LogP) is 3.79. The zero-order valence-electron chi connectivity index (χ0n) is 10.2. The van der Waals surface area contributed by atoms with Gasteiger partial charge in [-0.1, -0.05) is 15.9 Å². The predicted molar refractivity (Wildman–Crippen MR) is 77.4 cm³/mol. The summed E-state index contributed by atoms with van der Waals surface area (Å²) in [4.78, 5) is 4.47. The Labute approximate surface area is 118 Å². The molecule has 2 heterocycles. The standard InChI is InChI=1S/C14H11BrFN3/c1-8-4-10(17)6-19-7-13(18-14(8)19)11-3-2-9(15)5-12(11)16/h2-7H,17H2,1H3. The van der Waals surface area contributed by atoms with Crippen molar-refractivity contribution in [1.29, 1.82) is 0 Å². The van der Waals surface area contributed by atoms with Crippen LogP contribution in [0.4, 0.5) is 10.1 Å². The molecule has 3 nitrogen and oxygen atoms in total. The molecule has 0 fully saturated rings. The summed E-state index contributed by atoms with van der Waals surface area (Å²) in [5.41, 5.74) is 9.27. The average Bonchev–Trinajstić information content (AvgIpc) is 2.72. The molecule has 2 N–H and O–H groups in total. The van der Waals surface area contributed by atoms with Crippen molar-refractivity contribution in [2.45, 2.75) is 6.92 Å². The smallest absolute Gasteiger partial charge is 0.140 e. The van der Waals surface area contributed by atoms with E-state index < -0.39 is 0 Å². The fourth-order valence-electron chi connectivity index (χ4n) is 2.12. The number of hydrogen-bond donors (Lipinski definition) is 1. The molecular weight excluding hydrogens is 309 g/mol. The molecule has 0 atom stereocenters. The summed E-state index contributed by atoms with van der Waals surface area (Å²) in [6.07, 6.45) is 3.56. The van der Waals surface area contributed by atoms with Gasteiger partial charge in [0.25, 0.3) is 0 Å². The molecule has 5 heteroatoms. The fraction of sp³-hybridized carbons (Fsp3) is 0.0714. The van der Waals surface area contributed by atoms with Gasteiger partial charge in [-0.05, 0) is 36.8 Å². The number of aromatic nitrogens is 2. The highest BCUT2D eigenvalue weighted by Crippen LogP contribution is 2.26. The van der Waals surface area contributed by atoms with E-state index in [4.69, 9.17) is 5.73 Å². The molecule has 3 aromatic rings. The molecule has 0 saturated carbocycles. The van der Waals surface area contributed by atoms with E-state index in [1.54, 1.807) is 24.5 Å². The second kappa shape index (κ2) is 4.35. The number of nitrogens with two attached hydrogens (primary N) is 1. The van der Waals surface area contributed by atoms with Crippen LogP contribution in [0.3, 0.4) is 0 Å². The van der Waals surface area contributed by atoms with E-state index in [1.165, 1.54) is 6.07 Å². The Balaban J connectivity index is 2.23. The third-order valence-corrected chi connectivity index (χ3v) is 3.46. The fourth-order valence-corrected chi connectivity index (χ4v) is 2.46. The number of rotatable bonds is 1. The molecule has 0 aliphatic carbocycles. The molecule has 0 bridgehead atoms. The Kier molecular flexibility index (Phi) is 2.78. The van der Waals surface area contributed by atoms with Crippen molar-refractivity contribution in [3.05, 3.63) is 52.5 Å².